The fourth-order valence-electron chi connectivity index (χ4n) is 2.59. The molecule has 0 spiro atoms. The van der Waals surface area contributed by atoms with Crippen LogP contribution in [0.15, 0.2) is 42.5 Å². The third kappa shape index (κ3) is 2.50. The second-order valence-electron chi connectivity index (χ2n) is 5.10. The number of rotatable bonds is 4. The Morgan fingerprint density at radius 2 is 2.00 bits per heavy atom. The third-order valence-corrected chi connectivity index (χ3v) is 3.81. The van der Waals surface area contributed by atoms with E-state index in [4.69, 9.17) is 15.5 Å². The highest BCUT2D eigenvalue weighted by atomic mass is 16.5. The number of methoxy groups -OCH3 is 1. The van der Waals surface area contributed by atoms with Crippen molar-refractivity contribution in [2.75, 3.05) is 7.11 Å². The molecule has 1 aromatic heterocycles. The zero-order valence-electron chi connectivity index (χ0n) is 12.3. The van der Waals surface area contributed by atoms with Crippen molar-refractivity contribution in [1.29, 1.82) is 0 Å². The number of fused-ring (bicyclic) bond motifs is 1. The molecule has 0 unspecified atom stereocenters. The minimum Gasteiger partial charge on any atom is -0.496 e. The molecule has 0 aliphatic heterocycles. The number of imidazole rings is 1. The Labute approximate surface area is 124 Å². The van der Waals surface area contributed by atoms with Crippen LogP contribution in [0.4, 0.5) is 0 Å². The topological polar surface area (TPSA) is 53.1 Å². The summed E-state index contributed by atoms with van der Waals surface area (Å²) in [5, 5.41) is 0. The largest absolute Gasteiger partial charge is 0.496 e. The summed E-state index contributed by atoms with van der Waals surface area (Å²) in [4.78, 5) is 4.72. The SMILES string of the molecule is COc1ccccc1Cc1nc2ccc(CN)cc2n1C. The van der Waals surface area contributed by atoms with E-state index in [2.05, 4.69) is 16.7 Å². The highest BCUT2D eigenvalue weighted by Gasteiger charge is 2.11. The average Bonchev–Trinajstić information content (AvgIpc) is 2.83. The summed E-state index contributed by atoms with van der Waals surface area (Å²) in [6.45, 7) is 0.545. The van der Waals surface area contributed by atoms with E-state index in [-0.39, 0.29) is 0 Å². The molecule has 21 heavy (non-hydrogen) atoms. The van der Waals surface area contributed by atoms with Crippen LogP contribution in [0.25, 0.3) is 11.0 Å². The molecule has 108 valence electrons. The summed E-state index contributed by atoms with van der Waals surface area (Å²) in [7, 11) is 3.74. The van der Waals surface area contributed by atoms with Gasteiger partial charge in [0.05, 0.1) is 18.1 Å². The van der Waals surface area contributed by atoms with Gasteiger partial charge in [0.2, 0.25) is 0 Å². The average molecular weight is 281 g/mol. The van der Waals surface area contributed by atoms with Gasteiger partial charge < -0.3 is 15.0 Å². The lowest BCUT2D eigenvalue weighted by Gasteiger charge is -2.08. The predicted molar refractivity (Wildman–Crippen MR) is 84.4 cm³/mol. The highest BCUT2D eigenvalue weighted by Crippen LogP contribution is 2.23. The van der Waals surface area contributed by atoms with Crippen LogP contribution in [0, 0.1) is 0 Å². The Morgan fingerprint density at radius 3 is 2.76 bits per heavy atom. The maximum atomic E-state index is 5.71. The molecule has 3 rings (SSSR count). The Balaban J connectivity index is 2.03. The van der Waals surface area contributed by atoms with E-state index in [1.54, 1.807) is 7.11 Å². The minimum absolute atomic E-state index is 0.545. The quantitative estimate of drug-likeness (QED) is 0.800. The predicted octanol–water partition coefficient (Wildman–Crippen LogP) is 2.63. The number of para-hydroxylation sites is 1. The molecule has 4 heteroatoms. The fourth-order valence-corrected chi connectivity index (χ4v) is 2.59. The number of ether oxygens (including phenoxy) is 1. The molecular formula is C17H19N3O. The molecule has 2 N–H and O–H groups in total. The summed E-state index contributed by atoms with van der Waals surface area (Å²) in [6, 6.07) is 14.2. The molecule has 2 aromatic carbocycles. The highest BCUT2D eigenvalue weighted by molar-refractivity contribution is 5.77. The van der Waals surface area contributed by atoms with Crippen molar-refractivity contribution in [2.45, 2.75) is 13.0 Å². The van der Waals surface area contributed by atoms with Crippen LogP contribution in [0.2, 0.25) is 0 Å². The van der Waals surface area contributed by atoms with Crippen LogP contribution in [-0.4, -0.2) is 16.7 Å². The molecule has 3 aromatic rings. The Morgan fingerprint density at radius 1 is 1.19 bits per heavy atom. The van der Waals surface area contributed by atoms with E-state index in [1.165, 1.54) is 0 Å². The van der Waals surface area contributed by atoms with Crippen LogP contribution in [0.5, 0.6) is 5.75 Å². The zero-order valence-corrected chi connectivity index (χ0v) is 12.3. The number of hydrogen-bond acceptors (Lipinski definition) is 3. The van der Waals surface area contributed by atoms with Crippen molar-refractivity contribution < 1.29 is 4.74 Å². The van der Waals surface area contributed by atoms with Gasteiger partial charge in [-0.1, -0.05) is 24.3 Å². The summed E-state index contributed by atoms with van der Waals surface area (Å²) in [5.74, 6) is 1.91. The lowest BCUT2D eigenvalue weighted by Crippen LogP contribution is -2.01. The first-order valence-electron chi connectivity index (χ1n) is 6.99. The van der Waals surface area contributed by atoms with Crippen molar-refractivity contribution in [2.24, 2.45) is 12.8 Å². The molecule has 0 amide bonds. The molecular weight excluding hydrogens is 262 g/mol. The third-order valence-electron chi connectivity index (χ3n) is 3.81. The van der Waals surface area contributed by atoms with Crippen molar-refractivity contribution in [3.63, 3.8) is 0 Å². The van der Waals surface area contributed by atoms with E-state index < -0.39 is 0 Å². The van der Waals surface area contributed by atoms with Crippen molar-refractivity contribution >= 4 is 11.0 Å². The number of nitrogens with zero attached hydrogens (tertiary/aromatic N) is 2. The van der Waals surface area contributed by atoms with Crippen LogP contribution in [0.3, 0.4) is 0 Å². The molecule has 0 atom stereocenters. The molecule has 0 aliphatic carbocycles. The first-order chi connectivity index (χ1) is 10.2. The lowest BCUT2D eigenvalue weighted by atomic mass is 10.1. The van der Waals surface area contributed by atoms with Crippen LogP contribution in [0.1, 0.15) is 17.0 Å². The summed E-state index contributed by atoms with van der Waals surface area (Å²) in [6.07, 6.45) is 0.743. The molecule has 0 bridgehead atoms. The van der Waals surface area contributed by atoms with Crippen LogP contribution >= 0.6 is 0 Å². The van der Waals surface area contributed by atoms with Crippen LogP contribution < -0.4 is 10.5 Å². The molecule has 0 aliphatic rings. The number of benzene rings is 2. The van der Waals surface area contributed by atoms with E-state index >= 15 is 0 Å². The molecule has 0 saturated carbocycles. The normalized spacial score (nSPS) is 11.0. The minimum atomic E-state index is 0.545. The monoisotopic (exact) mass is 281 g/mol. The molecule has 0 radical (unpaired) electrons. The van der Waals surface area contributed by atoms with Crippen molar-refractivity contribution in [3.8, 4) is 5.75 Å². The molecule has 4 nitrogen and oxygen atoms in total. The van der Waals surface area contributed by atoms with E-state index in [1.807, 2.05) is 37.4 Å². The molecule has 1 heterocycles. The summed E-state index contributed by atoms with van der Waals surface area (Å²) >= 11 is 0. The van der Waals surface area contributed by atoms with Gasteiger partial charge >= 0.3 is 0 Å². The van der Waals surface area contributed by atoms with E-state index in [0.717, 1.165) is 40.2 Å². The van der Waals surface area contributed by atoms with Crippen molar-refractivity contribution in [1.82, 2.24) is 9.55 Å². The molecule has 0 saturated heterocycles. The van der Waals surface area contributed by atoms with Gasteiger partial charge in [0.25, 0.3) is 0 Å². The standard InChI is InChI=1S/C17H19N3O/c1-20-15-9-12(11-18)7-8-14(15)19-17(20)10-13-5-3-4-6-16(13)21-2/h3-9H,10-11,18H2,1-2H3. The summed E-state index contributed by atoms with van der Waals surface area (Å²) < 4.78 is 7.54. The van der Waals surface area contributed by atoms with Gasteiger partial charge in [0, 0.05) is 25.6 Å². The van der Waals surface area contributed by atoms with Gasteiger partial charge in [-0.2, -0.15) is 0 Å². The van der Waals surface area contributed by atoms with Gasteiger partial charge in [-0.15, -0.1) is 0 Å². The number of aryl methyl sites for hydroxylation is 1. The molecule has 0 fully saturated rings. The number of aromatic nitrogens is 2. The Kier molecular flexibility index (Phi) is 3.62. The zero-order chi connectivity index (χ0) is 14.8. The first-order valence-corrected chi connectivity index (χ1v) is 6.99. The van der Waals surface area contributed by atoms with Gasteiger partial charge in [-0.05, 0) is 23.8 Å². The van der Waals surface area contributed by atoms with Gasteiger partial charge in [0.15, 0.2) is 0 Å². The maximum absolute atomic E-state index is 5.71. The number of hydrogen-bond donors (Lipinski definition) is 1. The summed E-state index contributed by atoms with van der Waals surface area (Å²) in [5.41, 5.74) is 10.1. The number of nitrogens with two attached hydrogens (primary N) is 1. The maximum Gasteiger partial charge on any atom is 0.122 e. The second-order valence-corrected chi connectivity index (χ2v) is 5.10. The fraction of sp³-hybridized carbons (Fsp3) is 0.235. The van der Waals surface area contributed by atoms with E-state index in [0.29, 0.717) is 6.54 Å². The van der Waals surface area contributed by atoms with Crippen LogP contribution in [-0.2, 0) is 20.0 Å². The van der Waals surface area contributed by atoms with E-state index in [9.17, 15) is 0 Å². The van der Waals surface area contributed by atoms with Gasteiger partial charge in [-0.25, -0.2) is 4.98 Å². The lowest BCUT2D eigenvalue weighted by molar-refractivity contribution is 0.410. The smallest absolute Gasteiger partial charge is 0.122 e. The Bertz CT molecular complexity index is 777. The Hall–Kier alpha value is -2.33. The van der Waals surface area contributed by atoms with Crippen molar-refractivity contribution in [3.05, 3.63) is 59.4 Å². The van der Waals surface area contributed by atoms with Gasteiger partial charge in [0.1, 0.15) is 11.6 Å². The second kappa shape index (κ2) is 5.58. The van der Waals surface area contributed by atoms with Gasteiger partial charge in [-0.3, -0.25) is 0 Å². The first kappa shape index (κ1) is 13.6.